The molecule has 1 saturated carbocycles. The first-order chi connectivity index (χ1) is 10.3. The average Bonchev–Trinajstić information content (AvgIpc) is 3.15. The molecule has 0 amide bonds. The van der Waals surface area contributed by atoms with E-state index in [1.807, 2.05) is 11.7 Å². The zero-order valence-electron chi connectivity index (χ0n) is 12.3. The molecule has 3 aromatic rings. The van der Waals surface area contributed by atoms with Crippen molar-refractivity contribution in [2.45, 2.75) is 32.0 Å². The van der Waals surface area contributed by atoms with Gasteiger partial charge in [0.1, 0.15) is 0 Å². The minimum Gasteiger partial charge on any atom is -0.348 e. The Morgan fingerprint density at radius 1 is 1.24 bits per heavy atom. The molecule has 4 heteroatoms. The minimum absolute atomic E-state index is 0.757. The maximum absolute atomic E-state index is 4.66. The molecule has 0 unspecified atom stereocenters. The van der Waals surface area contributed by atoms with Gasteiger partial charge in [-0.2, -0.15) is 5.10 Å². The Labute approximate surface area is 124 Å². The Bertz CT molecular complexity index is 764. The summed E-state index contributed by atoms with van der Waals surface area (Å²) in [5.41, 5.74) is 3.67. The van der Waals surface area contributed by atoms with Crippen LogP contribution in [0.25, 0.3) is 10.9 Å². The van der Waals surface area contributed by atoms with E-state index in [9.17, 15) is 0 Å². The second-order valence-electron chi connectivity index (χ2n) is 5.93. The fourth-order valence-electron chi connectivity index (χ4n) is 2.82. The summed E-state index contributed by atoms with van der Waals surface area (Å²) in [5.74, 6) is 0. The first-order valence-electron chi connectivity index (χ1n) is 7.58. The summed E-state index contributed by atoms with van der Waals surface area (Å²) in [6, 6.07) is 11.4. The van der Waals surface area contributed by atoms with Crippen molar-refractivity contribution in [2.75, 3.05) is 0 Å². The molecule has 0 radical (unpaired) electrons. The van der Waals surface area contributed by atoms with Crippen LogP contribution in [-0.4, -0.2) is 20.4 Å². The van der Waals surface area contributed by atoms with Gasteiger partial charge >= 0.3 is 0 Å². The molecule has 4 nitrogen and oxygen atoms in total. The van der Waals surface area contributed by atoms with Crippen molar-refractivity contribution in [3.8, 4) is 0 Å². The zero-order chi connectivity index (χ0) is 14.2. The van der Waals surface area contributed by atoms with E-state index in [2.05, 4.69) is 57.7 Å². The van der Waals surface area contributed by atoms with Gasteiger partial charge in [-0.05, 0) is 30.5 Å². The topological polar surface area (TPSA) is 34.8 Å². The Balaban J connectivity index is 1.54. The van der Waals surface area contributed by atoms with Crippen LogP contribution in [0.5, 0.6) is 0 Å². The molecule has 0 aliphatic heterocycles. The lowest BCUT2D eigenvalue weighted by molar-refractivity contribution is 0.682. The molecule has 0 bridgehead atoms. The van der Waals surface area contributed by atoms with Gasteiger partial charge in [0.05, 0.1) is 17.8 Å². The molecular formula is C17H20N4. The van der Waals surface area contributed by atoms with Crippen molar-refractivity contribution in [2.24, 2.45) is 7.05 Å². The molecule has 1 N–H and O–H groups in total. The van der Waals surface area contributed by atoms with Crippen molar-refractivity contribution >= 4 is 10.9 Å². The van der Waals surface area contributed by atoms with E-state index in [1.54, 1.807) is 0 Å². The van der Waals surface area contributed by atoms with Gasteiger partial charge in [0.25, 0.3) is 0 Å². The summed E-state index contributed by atoms with van der Waals surface area (Å²) in [4.78, 5) is 0. The second-order valence-corrected chi connectivity index (χ2v) is 5.93. The van der Waals surface area contributed by atoms with E-state index in [4.69, 9.17) is 0 Å². The SMILES string of the molecule is Cn1nc(Cn2ccc(CNC3CC3)c2)c2ccccc21. The summed E-state index contributed by atoms with van der Waals surface area (Å²) >= 11 is 0. The Hall–Kier alpha value is -2.07. The Morgan fingerprint density at radius 3 is 2.95 bits per heavy atom. The van der Waals surface area contributed by atoms with Gasteiger partial charge in [0.15, 0.2) is 0 Å². The average molecular weight is 280 g/mol. The fraction of sp³-hybridized carbons (Fsp3) is 0.353. The third-order valence-corrected chi connectivity index (χ3v) is 4.15. The van der Waals surface area contributed by atoms with Gasteiger partial charge in [0, 0.05) is 37.4 Å². The van der Waals surface area contributed by atoms with Crippen LogP contribution in [0, 0.1) is 0 Å². The van der Waals surface area contributed by atoms with Crippen LogP contribution in [0.15, 0.2) is 42.7 Å². The number of benzene rings is 1. The normalized spacial score (nSPS) is 14.9. The molecule has 1 aliphatic carbocycles. The van der Waals surface area contributed by atoms with Gasteiger partial charge < -0.3 is 9.88 Å². The lowest BCUT2D eigenvalue weighted by Gasteiger charge is -2.01. The maximum Gasteiger partial charge on any atom is 0.0900 e. The van der Waals surface area contributed by atoms with Gasteiger partial charge in [-0.3, -0.25) is 4.68 Å². The highest BCUT2D eigenvalue weighted by molar-refractivity contribution is 5.81. The molecule has 21 heavy (non-hydrogen) atoms. The predicted octanol–water partition coefficient (Wildman–Crippen LogP) is 2.68. The molecule has 0 atom stereocenters. The van der Waals surface area contributed by atoms with Gasteiger partial charge in [-0.25, -0.2) is 0 Å². The van der Waals surface area contributed by atoms with E-state index < -0.39 is 0 Å². The first kappa shape index (κ1) is 12.7. The quantitative estimate of drug-likeness (QED) is 0.780. The van der Waals surface area contributed by atoms with E-state index in [0.29, 0.717) is 0 Å². The van der Waals surface area contributed by atoms with Crippen LogP contribution in [-0.2, 0) is 20.1 Å². The predicted molar refractivity (Wildman–Crippen MR) is 84.1 cm³/mol. The number of nitrogens with zero attached hydrogens (tertiary/aromatic N) is 3. The molecule has 1 aliphatic rings. The molecular weight excluding hydrogens is 260 g/mol. The lowest BCUT2D eigenvalue weighted by Crippen LogP contribution is -2.14. The van der Waals surface area contributed by atoms with Gasteiger partial charge in [0.2, 0.25) is 0 Å². The monoisotopic (exact) mass is 280 g/mol. The molecule has 2 aromatic heterocycles. The fourth-order valence-corrected chi connectivity index (χ4v) is 2.82. The summed E-state index contributed by atoms with van der Waals surface area (Å²) < 4.78 is 4.18. The third-order valence-electron chi connectivity index (χ3n) is 4.15. The first-order valence-corrected chi connectivity index (χ1v) is 7.58. The highest BCUT2D eigenvalue weighted by Crippen LogP contribution is 2.20. The zero-order valence-corrected chi connectivity index (χ0v) is 12.3. The van der Waals surface area contributed by atoms with Crippen LogP contribution in [0.4, 0.5) is 0 Å². The third kappa shape index (κ3) is 2.59. The van der Waals surface area contributed by atoms with Crippen molar-refractivity contribution < 1.29 is 0 Å². The Morgan fingerprint density at radius 2 is 2.10 bits per heavy atom. The molecule has 1 fully saturated rings. The number of aromatic nitrogens is 3. The van der Waals surface area contributed by atoms with E-state index in [-0.39, 0.29) is 0 Å². The Kier molecular flexibility index (Phi) is 3.04. The number of aryl methyl sites for hydroxylation is 1. The van der Waals surface area contributed by atoms with Crippen molar-refractivity contribution in [3.05, 3.63) is 54.0 Å². The van der Waals surface area contributed by atoms with Crippen molar-refractivity contribution in [1.82, 2.24) is 19.7 Å². The maximum atomic E-state index is 4.66. The molecule has 1 aromatic carbocycles. The highest BCUT2D eigenvalue weighted by atomic mass is 15.3. The molecule has 2 heterocycles. The number of hydrogen-bond donors (Lipinski definition) is 1. The number of fused-ring (bicyclic) bond motifs is 1. The van der Waals surface area contributed by atoms with E-state index in [1.165, 1.54) is 29.3 Å². The standard InChI is InChI=1S/C17H20N4/c1-20-17-5-3-2-4-15(17)16(19-20)12-21-9-8-13(11-21)10-18-14-6-7-14/h2-5,8-9,11,14,18H,6-7,10,12H2,1H3. The van der Waals surface area contributed by atoms with Crippen LogP contribution in [0.2, 0.25) is 0 Å². The van der Waals surface area contributed by atoms with E-state index >= 15 is 0 Å². The largest absolute Gasteiger partial charge is 0.348 e. The number of hydrogen-bond acceptors (Lipinski definition) is 2. The number of para-hydroxylation sites is 1. The smallest absolute Gasteiger partial charge is 0.0900 e. The van der Waals surface area contributed by atoms with Gasteiger partial charge in [-0.15, -0.1) is 0 Å². The molecule has 4 rings (SSSR count). The van der Waals surface area contributed by atoms with Crippen LogP contribution >= 0.6 is 0 Å². The highest BCUT2D eigenvalue weighted by Gasteiger charge is 2.20. The lowest BCUT2D eigenvalue weighted by atomic mass is 10.2. The molecule has 0 spiro atoms. The van der Waals surface area contributed by atoms with Crippen LogP contribution in [0.1, 0.15) is 24.1 Å². The van der Waals surface area contributed by atoms with Crippen LogP contribution < -0.4 is 5.32 Å². The second kappa shape index (κ2) is 5.04. The van der Waals surface area contributed by atoms with Gasteiger partial charge in [-0.1, -0.05) is 18.2 Å². The molecule has 0 saturated heterocycles. The summed E-state index contributed by atoms with van der Waals surface area (Å²) in [5, 5.41) is 9.45. The summed E-state index contributed by atoms with van der Waals surface area (Å²) in [6.45, 7) is 1.80. The van der Waals surface area contributed by atoms with E-state index in [0.717, 1.165) is 24.8 Å². The van der Waals surface area contributed by atoms with Crippen molar-refractivity contribution in [3.63, 3.8) is 0 Å². The minimum atomic E-state index is 0.757. The molecule has 108 valence electrons. The van der Waals surface area contributed by atoms with Crippen LogP contribution in [0.3, 0.4) is 0 Å². The number of rotatable bonds is 5. The number of nitrogens with one attached hydrogen (secondary N) is 1. The van der Waals surface area contributed by atoms with Crippen molar-refractivity contribution in [1.29, 1.82) is 0 Å². The summed E-state index contributed by atoms with van der Waals surface area (Å²) in [7, 11) is 2.01. The summed E-state index contributed by atoms with van der Waals surface area (Å²) in [6.07, 6.45) is 7.04.